The van der Waals surface area contributed by atoms with Crippen molar-refractivity contribution in [2.45, 2.75) is 0 Å². The van der Waals surface area contributed by atoms with Gasteiger partial charge in [-0.3, -0.25) is 9.36 Å². The molecule has 26 heavy (non-hydrogen) atoms. The molecule has 1 N–H and O–H groups in total. The summed E-state index contributed by atoms with van der Waals surface area (Å²) in [4.78, 5) is 16.8. The summed E-state index contributed by atoms with van der Waals surface area (Å²) in [6, 6.07) is 6.64. The lowest BCUT2D eigenvalue weighted by atomic mass is 10.1. The fraction of sp³-hybridized carbons (Fsp3) is 0.176. The lowest BCUT2D eigenvalue weighted by molar-refractivity contribution is 0.102. The van der Waals surface area contributed by atoms with Gasteiger partial charge in [0.25, 0.3) is 5.91 Å². The first-order valence-corrected chi connectivity index (χ1v) is 7.58. The smallest absolute Gasteiger partial charge is 0.255 e. The Labute approximate surface area is 149 Å². The number of carbonyl (C=O) groups excluding carboxylic acids is 1. The maximum Gasteiger partial charge on any atom is 0.255 e. The molecule has 0 unspecified atom stereocenters. The standard InChI is InChI=1S/C17H17N5O4/c1-24-13-6-11(7-14(25-2)16(13)26-3)17(23)21-12-4-5-15(18-8-12)22-9-19-20-10-22/h4-10H,1-3H3,(H,21,23). The predicted molar refractivity (Wildman–Crippen MR) is 93.2 cm³/mol. The Morgan fingerprint density at radius 3 is 2.15 bits per heavy atom. The van der Waals surface area contributed by atoms with Gasteiger partial charge < -0.3 is 19.5 Å². The highest BCUT2D eigenvalue weighted by atomic mass is 16.5. The van der Waals surface area contributed by atoms with E-state index in [0.717, 1.165) is 0 Å². The Morgan fingerprint density at radius 2 is 1.65 bits per heavy atom. The number of anilines is 1. The van der Waals surface area contributed by atoms with Gasteiger partial charge in [-0.05, 0) is 24.3 Å². The van der Waals surface area contributed by atoms with E-state index in [1.54, 1.807) is 35.0 Å². The SMILES string of the molecule is COc1cc(C(=O)Nc2ccc(-n3cnnc3)nc2)cc(OC)c1OC. The van der Waals surface area contributed by atoms with Crippen LogP contribution in [0.25, 0.3) is 5.82 Å². The van der Waals surface area contributed by atoms with Crippen LogP contribution >= 0.6 is 0 Å². The Morgan fingerprint density at radius 1 is 1.00 bits per heavy atom. The highest BCUT2D eigenvalue weighted by Crippen LogP contribution is 2.38. The minimum Gasteiger partial charge on any atom is -0.493 e. The highest BCUT2D eigenvalue weighted by Gasteiger charge is 2.17. The minimum atomic E-state index is -0.330. The first-order chi connectivity index (χ1) is 12.7. The number of nitrogens with zero attached hydrogens (tertiary/aromatic N) is 4. The maximum absolute atomic E-state index is 12.5. The van der Waals surface area contributed by atoms with Gasteiger partial charge in [0.15, 0.2) is 11.5 Å². The first kappa shape index (κ1) is 17.2. The molecule has 0 aliphatic carbocycles. The average molecular weight is 355 g/mol. The van der Waals surface area contributed by atoms with Crippen LogP contribution in [0, 0.1) is 0 Å². The van der Waals surface area contributed by atoms with Crippen molar-refractivity contribution >= 4 is 11.6 Å². The monoisotopic (exact) mass is 355 g/mol. The summed E-state index contributed by atoms with van der Waals surface area (Å²) in [5.41, 5.74) is 0.906. The normalized spacial score (nSPS) is 10.3. The van der Waals surface area contributed by atoms with Gasteiger partial charge >= 0.3 is 0 Å². The first-order valence-electron chi connectivity index (χ1n) is 7.58. The molecule has 134 valence electrons. The molecule has 0 spiro atoms. The Balaban J connectivity index is 1.81. The minimum absolute atomic E-state index is 0.330. The van der Waals surface area contributed by atoms with Gasteiger partial charge in [-0.2, -0.15) is 0 Å². The van der Waals surface area contributed by atoms with Crippen LogP contribution in [0.1, 0.15) is 10.4 Å². The summed E-state index contributed by atoms with van der Waals surface area (Å²) >= 11 is 0. The van der Waals surface area contributed by atoms with Crippen molar-refractivity contribution in [2.24, 2.45) is 0 Å². The molecule has 0 saturated carbocycles. The summed E-state index contributed by atoms with van der Waals surface area (Å²) in [5.74, 6) is 1.53. The van der Waals surface area contributed by atoms with Crippen molar-refractivity contribution in [1.29, 1.82) is 0 Å². The van der Waals surface area contributed by atoms with Crippen LogP contribution in [0.2, 0.25) is 0 Å². The summed E-state index contributed by atoms with van der Waals surface area (Å²) in [6.45, 7) is 0. The van der Waals surface area contributed by atoms with E-state index in [4.69, 9.17) is 14.2 Å². The summed E-state index contributed by atoms with van der Waals surface area (Å²) < 4.78 is 17.4. The molecule has 2 aromatic heterocycles. The van der Waals surface area contributed by atoms with Gasteiger partial charge in [0.1, 0.15) is 18.5 Å². The van der Waals surface area contributed by atoms with Crippen LogP contribution in [-0.2, 0) is 0 Å². The van der Waals surface area contributed by atoms with Crippen molar-refractivity contribution < 1.29 is 19.0 Å². The van der Waals surface area contributed by atoms with Crippen molar-refractivity contribution in [3.8, 4) is 23.1 Å². The van der Waals surface area contributed by atoms with Gasteiger partial charge in [-0.15, -0.1) is 10.2 Å². The average Bonchev–Trinajstić information content (AvgIpc) is 3.22. The van der Waals surface area contributed by atoms with Crippen molar-refractivity contribution in [1.82, 2.24) is 19.7 Å². The van der Waals surface area contributed by atoms with E-state index in [-0.39, 0.29) is 5.91 Å². The van der Waals surface area contributed by atoms with E-state index in [1.807, 2.05) is 0 Å². The second-order valence-electron chi connectivity index (χ2n) is 5.14. The predicted octanol–water partition coefficient (Wildman–Crippen LogP) is 1.94. The number of hydrogen-bond acceptors (Lipinski definition) is 7. The number of methoxy groups -OCH3 is 3. The number of ether oxygens (including phenoxy) is 3. The van der Waals surface area contributed by atoms with Gasteiger partial charge in [0.2, 0.25) is 5.75 Å². The molecule has 3 aromatic rings. The zero-order valence-corrected chi connectivity index (χ0v) is 14.5. The molecule has 1 aromatic carbocycles. The van der Waals surface area contributed by atoms with Crippen LogP contribution < -0.4 is 19.5 Å². The van der Waals surface area contributed by atoms with Gasteiger partial charge in [-0.25, -0.2) is 4.98 Å². The molecule has 3 rings (SSSR count). The summed E-state index contributed by atoms with van der Waals surface area (Å²) in [6.07, 6.45) is 4.62. The van der Waals surface area contributed by atoms with Crippen LogP contribution in [0.15, 0.2) is 43.1 Å². The third kappa shape index (κ3) is 3.41. The molecule has 9 nitrogen and oxygen atoms in total. The van der Waals surface area contributed by atoms with E-state index in [2.05, 4.69) is 20.5 Å². The molecule has 0 radical (unpaired) electrons. The van der Waals surface area contributed by atoms with Crippen LogP contribution in [0.5, 0.6) is 17.2 Å². The zero-order chi connectivity index (χ0) is 18.5. The number of hydrogen-bond donors (Lipinski definition) is 1. The van der Waals surface area contributed by atoms with E-state index < -0.39 is 0 Å². The topological polar surface area (TPSA) is 100 Å². The molecule has 0 atom stereocenters. The Kier molecular flexibility index (Phi) is 4.97. The van der Waals surface area contributed by atoms with Crippen molar-refractivity contribution in [2.75, 3.05) is 26.6 Å². The van der Waals surface area contributed by atoms with Crippen LogP contribution in [0.4, 0.5) is 5.69 Å². The third-order valence-electron chi connectivity index (χ3n) is 3.62. The van der Waals surface area contributed by atoms with Crippen molar-refractivity contribution in [3.05, 3.63) is 48.7 Å². The molecule has 1 amide bonds. The summed E-state index contributed by atoms with van der Waals surface area (Å²) in [7, 11) is 4.49. The fourth-order valence-corrected chi connectivity index (χ4v) is 2.35. The van der Waals surface area contributed by atoms with E-state index in [1.165, 1.54) is 34.0 Å². The van der Waals surface area contributed by atoms with E-state index in [0.29, 0.717) is 34.3 Å². The fourth-order valence-electron chi connectivity index (χ4n) is 2.35. The second kappa shape index (κ2) is 7.51. The number of rotatable bonds is 6. The number of amides is 1. The molecule has 0 aliphatic heterocycles. The quantitative estimate of drug-likeness (QED) is 0.721. The largest absolute Gasteiger partial charge is 0.493 e. The molecule has 9 heteroatoms. The lowest BCUT2D eigenvalue weighted by Crippen LogP contribution is -2.13. The molecule has 0 bridgehead atoms. The van der Waals surface area contributed by atoms with Gasteiger partial charge in [-0.1, -0.05) is 0 Å². The molecule has 0 aliphatic rings. The van der Waals surface area contributed by atoms with Gasteiger partial charge in [0.05, 0.1) is 33.2 Å². The Hall–Kier alpha value is -3.62. The van der Waals surface area contributed by atoms with Crippen LogP contribution in [0.3, 0.4) is 0 Å². The number of aromatic nitrogens is 4. The second-order valence-corrected chi connectivity index (χ2v) is 5.14. The maximum atomic E-state index is 12.5. The molecular weight excluding hydrogens is 338 g/mol. The number of benzene rings is 1. The molecule has 0 fully saturated rings. The lowest BCUT2D eigenvalue weighted by Gasteiger charge is -2.14. The van der Waals surface area contributed by atoms with Crippen LogP contribution in [-0.4, -0.2) is 47.0 Å². The van der Waals surface area contributed by atoms with E-state index in [9.17, 15) is 4.79 Å². The third-order valence-corrected chi connectivity index (χ3v) is 3.62. The van der Waals surface area contributed by atoms with Crippen molar-refractivity contribution in [3.63, 3.8) is 0 Å². The summed E-state index contributed by atoms with van der Waals surface area (Å²) in [5, 5.41) is 10.2. The zero-order valence-electron chi connectivity index (χ0n) is 14.5. The number of pyridine rings is 1. The van der Waals surface area contributed by atoms with Gasteiger partial charge in [0, 0.05) is 5.56 Å². The highest BCUT2D eigenvalue weighted by molar-refractivity contribution is 6.05. The number of nitrogens with one attached hydrogen (secondary N) is 1. The number of carbonyl (C=O) groups is 1. The molecule has 2 heterocycles. The Bertz CT molecular complexity index is 869. The van der Waals surface area contributed by atoms with E-state index >= 15 is 0 Å². The molecular formula is C17H17N5O4. The molecule has 0 saturated heterocycles.